The topological polar surface area (TPSA) is 111 Å². The summed E-state index contributed by atoms with van der Waals surface area (Å²) in [6.45, 7) is 4.11. The van der Waals surface area contributed by atoms with E-state index in [2.05, 4.69) is 13.8 Å². The van der Waals surface area contributed by atoms with E-state index in [1.807, 2.05) is 21.1 Å². The lowest BCUT2D eigenvalue weighted by Gasteiger charge is -2.28. The Kier molecular flexibility index (Phi) is 43.6. The van der Waals surface area contributed by atoms with Gasteiger partial charge in [-0.25, -0.2) is 9.59 Å². The summed E-state index contributed by atoms with van der Waals surface area (Å²) < 4.78 is 33.8. The maximum atomic E-state index is 12.6. The molecule has 2 atom stereocenters. The van der Waals surface area contributed by atoms with E-state index in [0.717, 1.165) is 38.5 Å². The number of hydrogen-bond donors (Lipinski definition) is 0. The van der Waals surface area contributed by atoms with Gasteiger partial charge in [0.1, 0.15) is 19.8 Å². The van der Waals surface area contributed by atoms with Crippen LogP contribution >= 0.6 is 7.82 Å². The zero-order valence-corrected chi connectivity index (χ0v) is 42.2. The number of allylic oxidation sites excluding steroid dienone is 2. The van der Waals surface area contributed by atoms with Gasteiger partial charge in [-0.1, -0.05) is 231 Å². The van der Waals surface area contributed by atoms with E-state index in [4.69, 9.17) is 18.5 Å². The second kappa shape index (κ2) is 44.7. The summed E-state index contributed by atoms with van der Waals surface area (Å²) in [7, 11) is 1.12. The first-order chi connectivity index (χ1) is 30.0. The maximum Gasteiger partial charge on any atom is 0.330 e. The largest absolute Gasteiger partial charge is 0.756 e. The van der Waals surface area contributed by atoms with Gasteiger partial charge in [0.2, 0.25) is 0 Å². The smallest absolute Gasteiger partial charge is 0.330 e. The van der Waals surface area contributed by atoms with Gasteiger partial charge in [0.15, 0.2) is 6.10 Å². The number of nitrogens with zero attached hydrogens (tertiary/aromatic N) is 1. The van der Waals surface area contributed by atoms with E-state index in [1.54, 1.807) is 12.2 Å². The Morgan fingerprint density at radius 1 is 0.484 bits per heavy atom. The maximum absolute atomic E-state index is 12.6. The molecule has 0 radical (unpaired) electrons. The van der Waals surface area contributed by atoms with Crippen LogP contribution in [0.5, 0.6) is 0 Å². The third kappa shape index (κ3) is 48.0. The van der Waals surface area contributed by atoms with Crippen molar-refractivity contribution in [3.8, 4) is 0 Å². The second-order valence-electron chi connectivity index (χ2n) is 19.0. The lowest BCUT2D eigenvalue weighted by atomic mass is 10.0. The standard InChI is InChI=1S/C52H100NO8P/c1-6-8-10-12-14-16-18-20-22-24-26-28-30-32-34-36-38-40-42-44-51(54)58-48-50(49-60-62(56,57)59-47-46-53(3,4)5)61-52(55)45-43-41-39-37-35-33-31-29-27-25-23-21-19-17-15-13-11-9-7-2/h42-45,50H,6-41,46-49H2,1-5H3/t50-/m1/s1. The molecule has 0 aromatic heterocycles. The summed E-state index contributed by atoms with van der Waals surface area (Å²) in [5, 5.41) is 0. The molecule has 0 aliphatic rings. The quantitative estimate of drug-likeness (QED) is 0.0195. The number of hydrogen-bond acceptors (Lipinski definition) is 8. The predicted molar refractivity (Wildman–Crippen MR) is 259 cm³/mol. The highest BCUT2D eigenvalue weighted by molar-refractivity contribution is 7.45. The van der Waals surface area contributed by atoms with Crippen molar-refractivity contribution >= 4 is 19.8 Å². The van der Waals surface area contributed by atoms with Crippen molar-refractivity contribution in [3.05, 3.63) is 24.3 Å². The summed E-state index contributed by atoms with van der Waals surface area (Å²) in [5.74, 6) is -1.21. The van der Waals surface area contributed by atoms with Crippen LogP contribution in [0.2, 0.25) is 0 Å². The molecule has 0 aliphatic heterocycles. The number of ether oxygens (including phenoxy) is 2. The van der Waals surface area contributed by atoms with Crippen molar-refractivity contribution in [2.75, 3.05) is 47.5 Å². The van der Waals surface area contributed by atoms with Crippen molar-refractivity contribution in [2.24, 2.45) is 0 Å². The third-order valence-electron chi connectivity index (χ3n) is 11.6. The first kappa shape index (κ1) is 60.5. The molecule has 0 aromatic carbocycles. The van der Waals surface area contributed by atoms with Gasteiger partial charge in [0.25, 0.3) is 7.82 Å². The van der Waals surface area contributed by atoms with E-state index in [9.17, 15) is 19.0 Å². The zero-order valence-electron chi connectivity index (χ0n) is 41.3. The number of rotatable bonds is 48. The van der Waals surface area contributed by atoms with Crippen LogP contribution in [0.15, 0.2) is 24.3 Å². The fraction of sp³-hybridized carbons (Fsp3) is 0.885. The van der Waals surface area contributed by atoms with Gasteiger partial charge < -0.3 is 27.9 Å². The Hall–Kier alpha value is -1.51. The van der Waals surface area contributed by atoms with Crippen LogP contribution in [-0.4, -0.2) is 70.0 Å². The Morgan fingerprint density at radius 3 is 1.15 bits per heavy atom. The predicted octanol–water partition coefficient (Wildman–Crippen LogP) is 14.8. The molecule has 0 heterocycles. The molecule has 366 valence electrons. The first-order valence-corrected chi connectivity index (χ1v) is 27.6. The van der Waals surface area contributed by atoms with Crippen LogP contribution in [0.25, 0.3) is 0 Å². The Labute approximate surface area is 383 Å². The minimum Gasteiger partial charge on any atom is -0.756 e. The molecular formula is C52H100NO8P. The second-order valence-corrected chi connectivity index (χ2v) is 20.4. The van der Waals surface area contributed by atoms with E-state index in [0.29, 0.717) is 11.0 Å². The normalized spacial score (nSPS) is 13.6. The summed E-state index contributed by atoms with van der Waals surface area (Å²) in [4.78, 5) is 37.5. The Bertz CT molecular complexity index is 1110. The lowest BCUT2D eigenvalue weighted by Crippen LogP contribution is -2.37. The molecule has 0 fully saturated rings. The van der Waals surface area contributed by atoms with Crippen molar-refractivity contribution in [1.29, 1.82) is 0 Å². The molecular weight excluding hydrogens is 798 g/mol. The van der Waals surface area contributed by atoms with Crippen molar-refractivity contribution in [2.45, 2.75) is 251 Å². The number of unbranched alkanes of at least 4 members (excludes halogenated alkanes) is 34. The molecule has 0 saturated heterocycles. The highest BCUT2D eigenvalue weighted by Crippen LogP contribution is 2.38. The number of carbonyl (C=O) groups excluding carboxylic acids is 2. The highest BCUT2D eigenvalue weighted by atomic mass is 31.2. The van der Waals surface area contributed by atoms with Gasteiger partial charge >= 0.3 is 11.9 Å². The number of carbonyl (C=O) groups is 2. The number of phosphoric acid groups is 1. The number of quaternary nitrogens is 1. The average molecular weight is 898 g/mol. The summed E-state index contributed by atoms with van der Waals surface area (Å²) in [5.41, 5.74) is 0. The number of likely N-dealkylation sites (N-methyl/N-ethyl adjacent to an activating group) is 1. The van der Waals surface area contributed by atoms with Crippen molar-refractivity contribution in [1.82, 2.24) is 0 Å². The fourth-order valence-corrected chi connectivity index (χ4v) is 8.24. The lowest BCUT2D eigenvalue weighted by molar-refractivity contribution is -0.870. The number of phosphoric ester groups is 1. The summed E-state index contributed by atoms with van der Waals surface area (Å²) >= 11 is 0. The van der Waals surface area contributed by atoms with Crippen molar-refractivity contribution in [3.63, 3.8) is 0 Å². The Balaban J connectivity index is 4.30. The van der Waals surface area contributed by atoms with Gasteiger partial charge in [0.05, 0.1) is 27.7 Å². The SMILES string of the molecule is CCCCCCCCCCCCCCCCCCCC=CC(=O)OC[C@H](COP(=O)([O-])OCC[N+](C)(C)C)OC(=O)C=CCCCCCCCCCCCCCCCCCCC. The average Bonchev–Trinajstić information content (AvgIpc) is 3.23. The van der Waals surface area contributed by atoms with Gasteiger partial charge in [0, 0.05) is 12.2 Å². The molecule has 0 rings (SSSR count). The molecule has 0 bridgehead atoms. The van der Waals surface area contributed by atoms with Gasteiger partial charge in [-0.2, -0.15) is 0 Å². The molecule has 1 unspecified atom stereocenters. The van der Waals surface area contributed by atoms with Gasteiger partial charge in [-0.05, 0) is 25.7 Å². The summed E-state index contributed by atoms with van der Waals surface area (Å²) in [6.07, 6.45) is 51.7. The molecule has 9 nitrogen and oxygen atoms in total. The van der Waals surface area contributed by atoms with Crippen LogP contribution in [-0.2, 0) is 32.7 Å². The minimum atomic E-state index is -4.65. The number of esters is 2. The first-order valence-electron chi connectivity index (χ1n) is 26.1. The van der Waals surface area contributed by atoms with Gasteiger partial charge in [-0.15, -0.1) is 0 Å². The van der Waals surface area contributed by atoms with E-state index < -0.39 is 32.5 Å². The zero-order chi connectivity index (χ0) is 45.7. The molecule has 0 saturated carbocycles. The third-order valence-corrected chi connectivity index (χ3v) is 12.5. The molecule has 0 aromatic rings. The molecule has 62 heavy (non-hydrogen) atoms. The van der Waals surface area contributed by atoms with Crippen LogP contribution in [0.4, 0.5) is 0 Å². The van der Waals surface area contributed by atoms with Crippen LogP contribution in [0, 0.1) is 0 Å². The van der Waals surface area contributed by atoms with E-state index in [1.165, 1.54) is 205 Å². The Morgan fingerprint density at radius 2 is 0.806 bits per heavy atom. The molecule has 10 heteroatoms. The van der Waals surface area contributed by atoms with Gasteiger partial charge in [-0.3, -0.25) is 4.57 Å². The van der Waals surface area contributed by atoms with E-state index in [-0.39, 0.29) is 13.2 Å². The molecule has 0 spiro atoms. The fourth-order valence-electron chi connectivity index (χ4n) is 7.51. The van der Waals surface area contributed by atoms with E-state index >= 15 is 0 Å². The van der Waals surface area contributed by atoms with Crippen LogP contribution < -0.4 is 4.89 Å². The van der Waals surface area contributed by atoms with Crippen molar-refractivity contribution < 1.29 is 42.1 Å². The minimum absolute atomic E-state index is 0.0455. The van der Waals surface area contributed by atoms with Crippen LogP contribution in [0.3, 0.4) is 0 Å². The molecule has 0 amide bonds. The highest BCUT2D eigenvalue weighted by Gasteiger charge is 2.21. The summed E-state index contributed by atoms with van der Waals surface area (Å²) in [6, 6.07) is 0. The molecule has 0 aliphatic carbocycles. The monoisotopic (exact) mass is 898 g/mol. The molecule has 0 N–H and O–H groups in total. The van der Waals surface area contributed by atoms with Crippen LogP contribution in [0.1, 0.15) is 245 Å².